The summed E-state index contributed by atoms with van der Waals surface area (Å²) in [5.41, 5.74) is 6.65. The molecule has 17 heavy (non-hydrogen) atoms. The second kappa shape index (κ2) is 6.50. The molecule has 1 aromatic rings. The van der Waals surface area contributed by atoms with Gasteiger partial charge in [0.25, 0.3) is 5.91 Å². The van der Waals surface area contributed by atoms with Crippen molar-refractivity contribution in [3.05, 3.63) is 28.8 Å². The number of carbonyl (C=O) groups is 1. The molecular formula is C13H19ClN2O. The number of halogens is 1. The Morgan fingerprint density at radius 2 is 1.88 bits per heavy atom. The van der Waals surface area contributed by atoms with Crippen molar-refractivity contribution in [2.24, 2.45) is 0 Å². The fourth-order valence-electron chi connectivity index (χ4n) is 1.74. The molecule has 94 valence electrons. The maximum absolute atomic E-state index is 12.3. The smallest absolute Gasteiger partial charge is 0.255 e. The molecule has 3 nitrogen and oxygen atoms in total. The van der Waals surface area contributed by atoms with Gasteiger partial charge in [0.1, 0.15) is 0 Å². The van der Waals surface area contributed by atoms with Gasteiger partial charge in [-0.3, -0.25) is 4.79 Å². The Kier molecular flexibility index (Phi) is 5.29. The van der Waals surface area contributed by atoms with E-state index >= 15 is 0 Å². The van der Waals surface area contributed by atoms with E-state index in [4.69, 9.17) is 17.3 Å². The second-order valence-corrected chi connectivity index (χ2v) is 4.38. The molecule has 0 bridgehead atoms. The molecular weight excluding hydrogens is 236 g/mol. The minimum atomic E-state index is -0.0361. The van der Waals surface area contributed by atoms with E-state index in [1.807, 2.05) is 4.90 Å². The minimum Gasteiger partial charge on any atom is -0.398 e. The zero-order chi connectivity index (χ0) is 12.8. The van der Waals surface area contributed by atoms with Gasteiger partial charge in [0.15, 0.2) is 0 Å². The molecule has 2 N–H and O–H groups in total. The van der Waals surface area contributed by atoms with Crippen molar-refractivity contribution >= 4 is 23.2 Å². The van der Waals surface area contributed by atoms with Crippen molar-refractivity contribution < 1.29 is 4.79 Å². The Labute approximate surface area is 108 Å². The number of nitrogens with zero attached hydrogens (tertiary/aromatic N) is 1. The third-order valence-corrected chi connectivity index (χ3v) is 2.96. The van der Waals surface area contributed by atoms with Crippen molar-refractivity contribution in [2.75, 3.05) is 18.8 Å². The number of anilines is 1. The lowest BCUT2D eigenvalue weighted by atomic mass is 10.1. The minimum absolute atomic E-state index is 0.0361. The molecule has 4 heteroatoms. The summed E-state index contributed by atoms with van der Waals surface area (Å²) in [6.07, 6.45) is 1.87. The summed E-state index contributed by atoms with van der Waals surface area (Å²) in [4.78, 5) is 14.1. The normalized spacial score (nSPS) is 10.3. The van der Waals surface area contributed by atoms with Crippen molar-refractivity contribution in [1.29, 1.82) is 0 Å². The highest BCUT2D eigenvalue weighted by Gasteiger charge is 2.17. The van der Waals surface area contributed by atoms with Crippen molar-refractivity contribution in [2.45, 2.75) is 26.7 Å². The van der Waals surface area contributed by atoms with Crippen LogP contribution >= 0.6 is 11.6 Å². The summed E-state index contributed by atoms with van der Waals surface area (Å²) in [6, 6.07) is 5.17. The van der Waals surface area contributed by atoms with Crippen LogP contribution < -0.4 is 5.73 Å². The van der Waals surface area contributed by atoms with Gasteiger partial charge < -0.3 is 10.6 Å². The van der Waals surface area contributed by atoms with Crippen LogP contribution in [0, 0.1) is 0 Å². The van der Waals surface area contributed by atoms with Gasteiger partial charge in [0.2, 0.25) is 0 Å². The molecule has 0 aliphatic rings. The number of hydrogen-bond acceptors (Lipinski definition) is 2. The molecule has 0 fully saturated rings. The first-order chi connectivity index (χ1) is 8.11. The highest BCUT2D eigenvalue weighted by Crippen LogP contribution is 2.24. The van der Waals surface area contributed by atoms with Crippen LogP contribution in [0.25, 0.3) is 0 Å². The third-order valence-electron chi connectivity index (χ3n) is 2.53. The van der Waals surface area contributed by atoms with Gasteiger partial charge in [-0.05, 0) is 25.0 Å². The predicted octanol–water partition coefficient (Wildman–Crippen LogP) is 3.18. The summed E-state index contributed by atoms with van der Waals surface area (Å²) in [5.74, 6) is -0.0361. The average molecular weight is 255 g/mol. The van der Waals surface area contributed by atoms with Crippen LogP contribution in [0.1, 0.15) is 37.0 Å². The first-order valence-corrected chi connectivity index (χ1v) is 6.32. The summed E-state index contributed by atoms with van der Waals surface area (Å²) < 4.78 is 0. The predicted molar refractivity (Wildman–Crippen MR) is 72.3 cm³/mol. The molecule has 0 aliphatic heterocycles. The van der Waals surface area contributed by atoms with E-state index in [-0.39, 0.29) is 5.91 Å². The van der Waals surface area contributed by atoms with Crippen molar-refractivity contribution in [1.82, 2.24) is 4.90 Å². The molecule has 0 spiro atoms. The molecule has 0 aromatic heterocycles. The lowest BCUT2D eigenvalue weighted by molar-refractivity contribution is 0.0756. The van der Waals surface area contributed by atoms with Gasteiger partial charge >= 0.3 is 0 Å². The van der Waals surface area contributed by atoms with Crippen molar-refractivity contribution in [3.8, 4) is 0 Å². The Morgan fingerprint density at radius 1 is 1.29 bits per heavy atom. The molecule has 0 saturated carbocycles. The number of benzene rings is 1. The average Bonchev–Trinajstić information content (AvgIpc) is 2.31. The van der Waals surface area contributed by atoms with Gasteiger partial charge in [0.05, 0.1) is 16.3 Å². The van der Waals surface area contributed by atoms with Gasteiger partial charge in [-0.15, -0.1) is 0 Å². The first-order valence-electron chi connectivity index (χ1n) is 5.95. The third kappa shape index (κ3) is 3.37. The van der Waals surface area contributed by atoms with Gasteiger partial charge in [-0.2, -0.15) is 0 Å². The van der Waals surface area contributed by atoms with Crippen LogP contribution in [-0.4, -0.2) is 23.9 Å². The van der Waals surface area contributed by atoms with Crippen LogP contribution in [0.3, 0.4) is 0 Å². The molecule has 1 amide bonds. The van der Waals surface area contributed by atoms with E-state index < -0.39 is 0 Å². The van der Waals surface area contributed by atoms with E-state index in [1.165, 1.54) is 0 Å². The standard InChI is InChI=1S/C13H19ClN2O/c1-3-8-16(9-4-2)13(17)10-6-5-7-11(15)12(10)14/h5-7H,3-4,8-9,15H2,1-2H3. The topological polar surface area (TPSA) is 46.3 Å². The summed E-state index contributed by atoms with van der Waals surface area (Å²) in [5, 5.41) is 0.356. The lowest BCUT2D eigenvalue weighted by Gasteiger charge is -2.22. The highest BCUT2D eigenvalue weighted by atomic mass is 35.5. The van der Waals surface area contributed by atoms with Gasteiger partial charge in [0, 0.05) is 13.1 Å². The fraction of sp³-hybridized carbons (Fsp3) is 0.462. The summed E-state index contributed by atoms with van der Waals surface area (Å²) >= 11 is 6.06. The van der Waals surface area contributed by atoms with Crippen LogP contribution in [0.5, 0.6) is 0 Å². The van der Waals surface area contributed by atoms with Crippen LogP contribution in [0.2, 0.25) is 5.02 Å². The van der Waals surface area contributed by atoms with E-state index in [1.54, 1.807) is 18.2 Å². The lowest BCUT2D eigenvalue weighted by Crippen LogP contribution is -2.32. The van der Waals surface area contributed by atoms with E-state index in [0.717, 1.165) is 25.9 Å². The van der Waals surface area contributed by atoms with Crippen molar-refractivity contribution in [3.63, 3.8) is 0 Å². The molecule has 0 heterocycles. The first kappa shape index (κ1) is 13.8. The second-order valence-electron chi connectivity index (χ2n) is 4.00. The van der Waals surface area contributed by atoms with Crippen LogP contribution in [0.15, 0.2) is 18.2 Å². The molecule has 1 aromatic carbocycles. The van der Waals surface area contributed by atoms with Crippen LogP contribution in [0.4, 0.5) is 5.69 Å². The quantitative estimate of drug-likeness (QED) is 0.821. The van der Waals surface area contributed by atoms with Crippen LogP contribution in [-0.2, 0) is 0 Å². The van der Waals surface area contributed by atoms with Gasteiger partial charge in [-0.1, -0.05) is 31.5 Å². The van der Waals surface area contributed by atoms with E-state index in [2.05, 4.69) is 13.8 Å². The van der Waals surface area contributed by atoms with Gasteiger partial charge in [-0.25, -0.2) is 0 Å². The number of nitrogen functional groups attached to an aromatic ring is 1. The van der Waals surface area contributed by atoms with E-state index in [0.29, 0.717) is 16.3 Å². The molecule has 0 saturated heterocycles. The SMILES string of the molecule is CCCN(CCC)C(=O)c1cccc(N)c1Cl. The zero-order valence-electron chi connectivity index (χ0n) is 10.4. The summed E-state index contributed by atoms with van der Waals surface area (Å²) in [7, 11) is 0. The zero-order valence-corrected chi connectivity index (χ0v) is 11.1. The number of hydrogen-bond donors (Lipinski definition) is 1. The molecule has 0 aliphatic carbocycles. The summed E-state index contributed by atoms with van der Waals surface area (Å²) in [6.45, 7) is 5.60. The Morgan fingerprint density at radius 3 is 2.41 bits per heavy atom. The number of rotatable bonds is 5. The molecule has 0 atom stereocenters. The Bertz CT molecular complexity index is 387. The maximum atomic E-state index is 12.3. The number of carbonyl (C=O) groups excluding carboxylic acids is 1. The fourth-order valence-corrected chi connectivity index (χ4v) is 1.95. The maximum Gasteiger partial charge on any atom is 0.255 e. The monoisotopic (exact) mass is 254 g/mol. The molecule has 1 rings (SSSR count). The number of amides is 1. The molecule has 0 radical (unpaired) electrons. The highest BCUT2D eigenvalue weighted by molar-refractivity contribution is 6.36. The largest absolute Gasteiger partial charge is 0.398 e. The Hall–Kier alpha value is -1.22. The molecule has 0 unspecified atom stereocenters. The van der Waals surface area contributed by atoms with E-state index in [9.17, 15) is 4.79 Å². The Balaban J connectivity index is 2.96. The number of nitrogens with two attached hydrogens (primary N) is 1.